The van der Waals surface area contributed by atoms with Crippen LogP contribution in [0.25, 0.3) is 0 Å². The molecule has 6 heteroatoms. The van der Waals surface area contributed by atoms with Gasteiger partial charge in [-0.3, -0.25) is 4.79 Å². The Morgan fingerprint density at radius 1 is 1.42 bits per heavy atom. The summed E-state index contributed by atoms with van der Waals surface area (Å²) in [6.45, 7) is 4.61. The fraction of sp³-hybridized carbons (Fsp3) is 0.615. The van der Waals surface area contributed by atoms with Crippen LogP contribution in [0.15, 0.2) is 12.3 Å². The minimum absolute atomic E-state index is 0.0822. The highest BCUT2D eigenvalue weighted by Crippen LogP contribution is 2.10. The molecule has 0 saturated carbocycles. The Labute approximate surface area is 113 Å². The molecule has 0 bridgehead atoms. The first-order valence-electron chi connectivity index (χ1n) is 6.53. The van der Waals surface area contributed by atoms with Gasteiger partial charge in [-0.2, -0.15) is 4.98 Å². The maximum atomic E-state index is 10.3. The Bertz CT molecular complexity index is 396. The number of carbonyl (C=O) groups is 1. The van der Waals surface area contributed by atoms with Crippen LogP contribution in [0.5, 0.6) is 5.88 Å². The Balaban J connectivity index is 2.23. The molecule has 0 aliphatic heterocycles. The number of aromatic nitrogens is 2. The summed E-state index contributed by atoms with van der Waals surface area (Å²) < 4.78 is 5.47. The van der Waals surface area contributed by atoms with Crippen LogP contribution in [-0.2, 0) is 4.79 Å². The van der Waals surface area contributed by atoms with Crippen LogP contribution in [0.4, 0.5) is 5.95 Å². The molecular weight excluding hydrogens is 246 g/mol. The molecule has 0 saturated heterocycles. The van der Waals surface area contributed by atoms with Crippen molar-refractivity contribution in [3.05, 3.63) is 12.3 Å². The highest BCUT2D eigenvalue weighted by molar-refractivity contribution is 5.66. The zero-order chi connectivity index (χ0) is 14.1. The summed E-state index contributed by atoms with van der Waals surface area (Å²) in [7, 11) is 0. The average molecular weight is 267 g/mol. The summed E-state index contributed by atoms with van der Waals surface area (Å²) in [5.41, 5.74) is 0. The van der Waals surface area contributed by atoms with E-state index in [0.29, 0.717) is 18.2 Å². The second-order valence-corrected chi connectivity index (χ2v) is 4.52. The molecule has 0 fully saturated rings. The van der Waals surface area contributed by atoms with E-state index in [-0.39, 0.29) is 12.5 Å². The van der Waals surface area contributed by atoms with E-state index in [9.17, 15) is 4.79 Å². The first-order chi connectivity index (χ1) is 9.08. The summed E-state index contributed by atoms with van der Waals surface area (Å²) in [6, 6.07) is 1.72. The quantitative estimate of drug-likeness (QED) is 0.668. The molecule has 19 heavy (non-hydrogen) atoms. The van der Waals surface area contributed by atoms with Crippen LogP contribution >= 0.6 is 0 Å². The van der Waals surface area contributed by atoms with E-state index in [1.54, 1.807) is 12.3 Å². The Morgan fingerprint density at radius 3 is 2.89 bits per heavy atom. The van der Waals surface area contributed by atoms with E-state index >= 15 is 0 Å². The first-order valence-corrected chi connectivity index (χ1v) is 6.53. The number of aliphatic carboxylic acids is 1. The van der Waals surface area contributed by atoms with Crippen molar-refractivity contribution in [2.45, 2.75) is 45.6 Å². The van der Waals surface area contributed by atoms with E-state index in [1.807, 2.05) is 13.8 Å². The predicted octanol–water partition coefficient (Wildman–Crippen LogP) is 2.32. The summed E-state index contributed by atoms with van der Waals surface area (Å²) >= 11 is 0. The number of hydrogen-bond donors (Lipinski definition) is 2. The predicted molar refractivity (Wildman–Crippen MR) is 72.4 cm³/mol. The lowest BCUT2D eigenvalue weighted by Gasteiger charge is -2.09. The highest BCUT2D eigenvalue weighted by Gasteiger charge is 2.02. The van der Waals surface area contributed by atoms with Crippen LogP contribution in [0.2, 0.25) is 0 Å². The number of hydrogen-bond acceptors (Lipinski definition) is 5. The van der Waals surface area contributed by atoms with Crippen LogP contribution < -0.4 is 10.1 Å². The zero-order valence-corrected chi connectivity index (χ0v) is 11.4. The molecule has 0 unspecified atom stereocenters. The van der Waals surface area contributed by atoms with Gasteiger partial charge in [-0.15, -0.1) is 0 Å². The van der Waals surface area contributed by atoms with Crippen molar-refractivity contribution in [2.24, 2.45) is 0 Å². The molecule has 6 nitrogen and oxygen atoms in total. The lowest BCUT2D eigenvalue weighted by atomic mass is 10.2. The standard InChI is InChI=1S/C13H21N3O3/c1-10(2)19-11-7-9-15-13(16-11)14-8-5-3-4-6-12(17)18/h7,9-10H,3-6,8H2,1-2H3,(H,17,18)(H,14,15,16). The minimum Gasteiger partial charge on any atom is -0.481 e. The van der Waals surface area contributed by atoms with Crippen molar-refractivity contribution in [2.75, 3.05) is 11.9 Å². The van der Waals surface area contributed by atoms with Gasteiger partial charge in [-0.05, 0) is 26.7 Å². The Kier molecular flexibility index (Phi) is 6.63. The normalized spacial score (nSPS) is 10.5. The number of ether oxygens (including phenoxy) is 1. The van der Waals surface area contributed by atoms with Gasteiger partial charge >= 0.3 is 5.97 Å². The molecule has 0 aliphatic carbocycles. The van der Waals surface area contributed by atoms with Crippen molar-refractivity contribution in [1.29, 1.82) is 0 Å². The smallest absolute Gasteiger partial charge is 0.303 e. The maximum absolute atomic E-state index is 10.3. The molecular formula is C13H21N3O3. The summed E-state index contributed by atoms with van der Waals surface area (Å²) in [5.74, 6) is 0.351. The highest BCUT2D eigenvalue weighted by atomic mass is 16.5. The van der Waals surface area contributed by atoms with Gasteiger partial charge in [0.1, 0.15) is 0 Å². The van der Waals surface area contributed by atoms with Gasteiger partial charge in [0.15, 0.2) is 0 Å². The molecule has 0 radical (unpaired) electrons. The van der Waals surface area contributed by atoms with Crippen LogP contribution in [-0.4, -0.2) is 33.7 Å². The molecule has 0 atom stereocenters. The topological polar surface area (TPSA) is 84.3 Å². The van der Waals surface area contributed by atoms with Crippen molar-refractivity contribution in [3.8, 4) is 5.88 Å². The zero-order valence-electron chi connectivity index (χ0n) is 11.4. The lowest BCUT2D eigenvalue weighted by Crippen LogP contribution is -2.10. The van der Waals surface area contributed by atoms with Gasteiger partial charge in [0.2, 0.25) is 11.8 Å². The summed E-state index contributed by atoms with van der Waals surface area (Å²) in [6.07, 6.45) is 4.44. The molecule has 0 amide bonds. The van der Waals surface area contributed by atoms with Crippen LogP contribution in [0.1, 0.15) is 39.5 Å². The number of unbranched alkanes of at least 4 members (excludes halogenated alkanes) is 2. The van der Waals surface area contributed by atoms with Crippen molar-refractivity contribution in [1.82, 2.24) is 9.97 Å². The third-order valence-corrected chi connectivity index (χ3v) is 2.34. The van der Waals surface area contributed by atoms with E-state index < -0.39 is 5.97 Å². The Hall–Kier alpha value is -1.85. The van der Waals surface area contributed by atoms with E-state index in [0.717, 1.165) is 19.4 Å². The number of rotatable bonds is 9. The maximum Gasteiger partial charge on any atom is 0.303 e. The van der Waals surface area contributed by atoms with Crippen LogP contribution in [0.3, 0.4) is 0 Å². The second-order valence-electron chi connectivity index (χ2n) is 4.52. The minimum atomic E-state index is -0.741. The molecule has 0 aliphatic rings. The second kappa shape index (κ2) is 8.29. The molecule has 0 aromatic carbocycles. The number of nitrogens with one attached hydrogen (secondary N) is 1. The molecule has 1 aromatic heterocycles. The molecule has 1 rings (SSSR count). The number of carboxylic acids is 1. The van der Waals surface area contributed by atoms with Crippen LogP contribution in [0, 0.1) is 0 Å². The van der Waals surface area contributed by atoms with Gasteiger partial charge in [0.05, 0.1) is 6.10 Å². The largest absolute Gasteiger partial charge is 0.481 e. The third kappa shape index (κ3) is 7.23. The summed E-state index contributed by atoms with van der Waals surface area (Å²) in [5, 5.41) is 11.6. The molecule has 106 valence electrons. The fourth-order valence-electron chi connectivity index (χ4n) is 1.51. The van der Waals surface area contributed by atoms with Gasteiger partial charge in [0.25, 0.3) is 0 Å². The van der Waals surface area contributed by atoms with Gasteiger partial charge in [-0.1, -0.05) is 6.42 Å². The SMILES string of the molecule is CC(C)Oc1ccnc(NCCCCCC(=O)O)n1. The van der Waals surface area contributed by atoms with Gasteiger partial charge in [-0.25, -0.2) is 4.98 Å². The van der Waals surface area contributed by atoms with Gasteiger partial charge < -0.3 is 15.2 Å². The van der Waals surface area contributed by atoms with E-state index in [1.165, 1.54) is 0 Å². The van der Waals surface area contributed by atoms with E-state index in [2.05, 4.69) is 15.3 Å². The van der Waals surface area contributed by atoms with Crippen molar-refractivity contribution < 1.29 is 14.6 Å². The molecule has 0 spiro atoms. The fourth-order valence-corrected chi connectivity index (χ4v) is 1.51. The van der Waals surface area contributed by atoms with Crippen molar-refractivity contribution >= 4 is 11.9 Å². The van der Waals surface area contributed by atoms with Gasteiger partial charge in [0, 0.05) is 25.2 Å². The average Bonchev–Trinajstić information content (AvgIpc) is 2.33. The summed E-state index contributed by atoms with van der Waals surface area (Å²) in [4.78, 5) is 18.6. The number of nitrogens with zero attached hydrogens (tertiary/aromatic N) is 2. The van der Waals surface area contributed by atoms with E-state index in [4.69, 9.17) is 9.84 Å². The Morgan fingerprint density at radius 2 is 2.21 bits per heavy atom. The number of anilines is 1. The lowest BCUT2D eigenvalue weighted by molar-refractivity contribution is -0.137. The molecule has 1 heterocycles. The third-order valence-electron chi connectivity index (χ3n) is 2.34. The first kappa shape index (κ1) is 15.2. The molecule has 1 aromatic rings. The molecule has 2 N–H and O–H groups in total. The monoisotopic (exact) mass is 267 g/mol. The van der Waals surface area contributed by atoms with Crippen molar-refractivity contribution in [3.63, 3.8) is 0 Å². The number of carboxylic acid groups (broad SMARTS) is 1.